The van der Waals surface area contributed by atoms with Gasteiger partial charge in [0.2, 0.25) is 5.91 Å². The number of nitrogens with one attached hydrogen (secondary N) is 1. The van der Waals surface area contributed by atoms with Crippen LogP contribution in [0.25, 0.3) is 10.9 Å². The lowest BCUT2D eigenvalue weighted by Crippen LogP contribution is -2.40. The first kappa shape index (κ1) is 24.2. The number of nitrogens with zero attached hydrogens (tertiary/aromatic N) is 4. The molecule has 32 heavy (non-hydrogen) atoms. The van der Waals surface area contributed by atoms with Crippen LogP contribution < -0.4 is 10.9 Å². The van der Waals surface area contributed by atoms with Gasteiger partial charge in [0.1, 0.15) is 0 Å². The molecule has 0 saturated carbocycles. The van der Waals surface area contributed by atoms with Crippen molar-refractivity contribution in [1.82, 2.24) is 19.4 Å². The van der Waals surface area contributed by atoms with Crippen LogP contribution in [0.1, 0.15) is 27.7 Å². The van der Waals surface area contributed by atoms with E-state index in [9.17, 15) is 9.59 Å². The highest BCUT2D eigenvalue weighted by molar-refractivity contribution is 7.99. The van der Waals surface area contributed by atoms with E-state index in [0.29, 0.717) is 46.9 Å². The second kappa shape index (κ2) is 10.9. The third-order valence-electron chi connectivity index (χ3n) is 5.10. The van der Waals surface area contributed by atoms with Gasteiger partial charge in [-0.3, -0.25) is 19.1 Å². The van der Waals surface area contributed by atoms with Crippen molar-refractivity contribution in [3.63, 3.8) is 0 Å². The Hall–Kier alpha value is -2.42. The summed E-state index contributed by atoms with van der Waals surface area (Å²) in [6.45, 7) is 9.78. The van der Waals surface area contributed by atoms with Gasteiger partial charge in [-0.05, 0) is 52.0 Å². The van der Waals surface area contributed by atoms with Gasteiger partial charge in [-0.25, -0.2) is 9.97 Å². The van der Waals surface area contributed by atoms with Gasteiger partial charge < -0.3 is 5.32 Å². The second-order valence-corrected chi connectivity index (χ2v) is 9.27. The van der Waals surface area contributed by atoms with Crippen molar-refractivity contribution >= 4 is 45.9 Å². The zero-order valence-corrected chi connectivity index (χ0v) is 20.3. The molecule has 3 rings (SSSR count). The number of halogens is 1. The molecule has 0 aliphatic carbocycles. The fraction of sp³-hybridized carbons (Fsp3) is 0.391. The molecule has 2 heterocycles. The molecule has 0 atom stereocenters. The number of rotatable bonds is 9. The monoisotopic (exact) mass is 473 g/mol. The molecule has 0 unspecified atom stereocenters. The summed E-state index contributed by atoms with van der Waals surface area (Å²) in [5, 5.41) is 4.08. The van der Waals surface area contributed by atoms with Crippen LogP contribution in [-0.2, 0) is 11.3 Å². The summed E-state index contributed by atoms with van der Waals surface area (Å²) in [4.78, 5) is 36.7. The molecular weight excluding hydrogens is 446 g/mol. The third-order valence-corrected chi connectivity index (χ3v) is 6.38. The van der Waals surface area contributed by atoms with Crippen LogP contribution in [0, 0.1) is 0 Å². The summed E-state index contributed by atoms with van der Waals surface area (Å²) >= 11 is 7.26. The Balaban J connectivity index is 1.84. The molecule has 3 aromatic rings. The SMILES string of the molecule is CC(C)N(CCn1c(SCC(=O)Nc2cccnc2Cl)nc2ccccc2c1=O)C(C)C. The fourth-order valence-corrected chi connectivity index (χ4v) is 4.57. The van der Waals surface area contributed by atoms with Crippen LogP contribution in [0.4, 0.5) is 5.69 Å². The predicted molar refractivity (Wildman–Crippen MR) is 132 cm³/mol. The number of fused-ring (bicyclic) bond motifs is 1. The number of benzene rings is 1. The Morgan fingerprint density at radius 2 is 1.88 bits per heavy atom. The van der Waals surface area contributed by atoms with Crippen molar-refractivity contribution in [3.8, 4) is 0 Å². The van der Waals surface area contributed by atoms with Gasteiger partial charge in [0, 0.05) is 31.4 Å². The fourth-order valence-electron chi connectivity index (χ4n) is 3.58. The average molecular weight is 474 g/mol. The minimum absolute atomic E-state index is 0.0913. The number of carbonyl (C=O) groups excluding carboxylic acids is 1. The second-order valence-electron chi connectivity index (χ2n) is 7.97. The summed E-state index contributed by atoms with van der Waals surface area (Å²) < 4.78 is 1.68. The Labute approximate surface area is 197 Å². The molecular formula is C23H28ClN5O2S. The van der Waals surface area contributed by atoms with Crippen molar-refractivity contribution in [1.29, 1.82) is 0 Å². The normalized spacial score (nSPS) is 11.6. The minimum atomic E-state index is -0.246. The van der Waals surface area contributed by atoms with Gasteiger partial charge in [0.15, 0.2) is 10.3 Å². The lowest BCUT2D eigenvalue weighted by molar-refractivity contribution is -0.113. The van der Waals surface area contributed by atoms with Crippen LogP contribution >= 0.6 is 23.4 Å². The summed E-state index contributed by atoms with van der Waals surface area (Å²) in [5.41, 5.74) is 0.978. The van der Waals surface area contributed by atoms with E-state index in [1.54, 1.807) is 29.0 Å². The molecule has 0 radical (unpaired) electrons. The van der Waals surface area contributed by atoms with E-state index in [2.05, 4.69) is 47.9 Å². The van der Waals surface area contributed by atoms with Crippen molar-refractivity contribution in [2.45, 2.75) is 51.5 Å². The molecule has 0 aliphatic rings. The highest BCUT2D eigenvalue weighted by Gasteiger charge is 2.17. The number of pyridine rings is 1. The molecule has 170 valence electrons. The zero-order valence-electron chi connectivity index (χ0n) is 18.7. The van der Waals surface area contributed by atoms with Crippen LogP contribution in [0.3, 0.4) is 0 Å². The highest BCUT2D eigenvalue weighted by Crippen LogP contribution is 2.21. The smallest absolute Gasteiger partial charge is 0.262 e. The summed E-state index contributed by atoms with van der Waals surface area (Å²) in [5.74, 6) is -0.154. The molecule has 0 spiro atoms. The number of aromatic nitrogens is 3. The Bertz CT molecular complexity index is 1140. The van der Waals surface area contributed by atoms with Gasteiger partial charge >= 0.3 is 0 Å². The quantitative estimate of drug-likeness (QED) is 0.283. The lowest BCUT2D eigenvalue weighted by atomic mass is 10.2. The van der Waals surface area contributed by atoms with Gasteiger partial charge in [0.25, 0.3) is 5.56 Å². The highest BCUT2D eigenvalue weighted by atomic mass is 35.5. The maximum Gasteiger partial charge on any atom is 0.262 e. The van der Waals surface area contributed by atoms with E-state index in [-0.39, 0.29) is 22.4 Å². The maximum atomic E-state index is 13.2. The number of amides is 1. The van der Waals surface area contributed by atoms with Crippen LogP contribution in [0.5, 0.6) is 0 Å². The molecule has 7 nitrogen and oxygen atoms in total. The Kier molecular flexibility index (Phi) is 8.28. The van der Waals surface area contributed by atoms with Gasteiger partial charge in [-0.1, -0.05) is 35.5 Å². The molecule has 0 bridgehead atoms. The number of anilines is 1. The van der Waals surface area contributed by atoms with Crippen LogP contribution in [0.2, 0.25) is 5.15 Å². The Morgan fingerprint density at radius 1 is 1.16 bits per heavy atom. The molecule has 2 aromatic heterocycles. The summed E-state index contributed by atoms with van der Waals surface area (Å²) in [6.07, 6.45) is 1.56. The Morgan fingerprint density at radius 3 is 2.56 bits per heavy atom. The van der Waals surface area contributed by atoms with Gasteiger partial charge in [-0.15, -0.1) is 0 Å². The third kappa shape index (κ3) is 5.88. The number of thioether (sulfide) groups is 1. The lowest BCUT2D eigenvalue weighted by Gasteiger charge is -2.30. The molecule has 1 amide bonds. The van der Waals surface area contributed by atoms with E-state index < -0.39 is 0 Å². The van der Waals surface area contributed by atoms with Crippen molar-refractivity contribution < 1.29 is 4.79 Å². The molecule has 0 aliphatic heterocycles. The first-order valence-electron chi connectivity index (χ1n) is 10.6. The summed E-state index contributed by atoms with van der Waals surface area (Å²) in [7, 11) is 0. The van der Waals surface area contributed by atoms with Crippen LogP contribution in [0.15, 0.2) is 52.5 Å². The number of hydrogen-bond donors (Lipinski definition) is 1. The van der Waals surface area contributed by atoms with E-state index in [1.165, 1.54) is 11.8 Å². The van der Waals surface area contributed by atoms with Crippen LogP contribution in [-0.4, -0.2) is 49.7 Å². The first-order valence-corrected chi connectivity index (χ1v) is 11.9. The standard InChI is InChI=1S/C23H28ClN5O2S/c1-15(2)28(16(3)4)12-13-29-22(31)17-8-5-6-9-18(17)27-23(29)32-14-20(30)26-19-10-7-11-25-21(19)24/h5-11,15-16H,12-14H2,1-4H3,(H,26,30). The van der Waals surface area contributed by atoms with Crippen molar-refractivity contribution in [2.75, 3.05) is 17.6 Å². The van der Waals surface area contributed by atoms with E-state index in [1.807, 2.05) is 18.2 Å². The predicted octanol–water partition coefficient (Wildman–Crippen LogP) is 4.29. The van der Waals surface area contributed by atoms with Gasteiger partial charge in [0.05, 0.1) is 22.3 Å². The molecule has 9 heteroatoms. The van der Waals surface area contributed by atoms with E-state index in [4.69, 9.17) is 11.6 Å². The van der Waals surface area contributed by atoms with E-state index >= 15 is 0 Å². The molecule has 0 saturated heterocycles. The first-order chi connectivity index (χ1) is 15.3. The summed E-state index contributed by atoms with van der Waals surface area (Å²) in [6, 6.07) is 11.4. The minimum Gasteiger partial charge on any atom is -0.323 e. The molecule has 1 N–H and O–H groups in total. The number of hydrogen-bond acceptors (Lipinski definition) is 6. The average Bonchev–Trinajstić information content (AvgIpc) is 2.75. The molecule has 0 fully saturated rings. The van der Waals surface area contributed by atoms with Crippen molar-refractivity contribution in [3.05, 3.63) is 58.1 Å². The maximum absolute atomic E-state index is 13.2. The number of para-hydroxylation sites is 1. The van der Waals surface area contributed by atoms with Crippen molar-refractivity contribution in [2.24, 2.45) is 0 Å². The topological polar surface area (TPSA) is 80.1 Å². The van der Waals surface area contributed by atoms with Gasteiger partial charge in [-0.2, -0.15) is 0 Å². The zero-order chi connectivity index (χ0) is 23.3. The largest absolute Gasteiger partial charge is 0.323 e. The van der Waals surface area contributed by atoms with E-state index in [0.717, 1.165) is 0 Å². The molecule has 1 aromatic carbocycles. The number of carbonyl (C=O) groups is 1.